The number of pyridine rings is 1. The molecular formula is C17H13N5O. The number of aromatic amines is 1. The number of aromatic nitrogens is 4. The number of para-hydroxylation sites is 1. The molecule has 0 aliphatic carbocycles. The van der Waals surface area contributed by atoms with E-state index in [2.05, 4.69) is 20.3 Å². The second-order valence-electron chi connectivity index (χ2n) is 5.03. The van der Waals surface area contributed by atoms with Gasteiger partial charge in [-0.1, -0.05) is 18.2 Å². The molecule has 0 saturated carbocycles. The number of benzene rings is 1. The first-order valence-corrected chi connectivity index (χ1v) is 7.15. The number of H-pyrrole nitrogens is 1. The van der Waals surface area contributed by atoms with E-state index in [-0.39, 0.29) is 5.69 Å². The predicted molar refractivity (Wildman–Crippen MR) is 89.2 cm³/mol. The summed E-state index contributed by atoms with van der Waals surface area (Å²) in [4.78, 5) is 23.8. The third-order valence-corrected chi connectivity index (χ3v) is 3.54. The van der Waals surface area contributed by atoms with Crippen molar-refractivity contribution in [3.63, 3.8) is 0 Å². The van der Waals surface area contributed by atoms with Crippen LogP contribution in [0, 0.1) is 0 Å². The average molecular weight is 303 g/mol. The van der Waals surface area contributed by atoms with Gasteiger partial charge in [-0.2, -0.15) is 4.98 Å². The fourth-order valence-electron chi connectivity index (χ4n) is 2.45. The van der Waals surface area contributed by atoms with Gasteiger partial charge in [0.25, 0.3) is 0 Å². The molecule has 6 nitrogen and oxygen atoms in total. The van der Waals surface area contributed by atoms with Crippen molar-refractivity contribution in [1.29, 1.82) is 0 Å². The van der Waals surface area contributed by atoms with Crippen LogP contribution < -0.4 is 11.0 Å². The van der Waals surface area contributed by atoms with Crippen LogP contribution in [0.1, 0.15) is 0 Å². The highest BCUT2D eigenvalue weighted by atomic mass is 16.1. The molecule has 23 heavy (non-hydrogen) atoms. The molecule has 0 bridgehead atoms. The first-order chi connectivity index (χ1) is 11.3. The zero-order valence-corrected chi connectivity index (χ0v) is 12.1. The molecule has 0 spiro atoms. The zero-order chi connectivity index (χ0) is 15.6. The van der Waals surface area contributed by atoms with Gasteiger partial charge in [0, 0.05) is 18.6 Å². The highest BCUT2D eigenvalue weighted by Crippen LogP contribution is 2.22. The van der Waals surface area contributed by atoms with Crippen molar-refractivity contribution in [2.75, 3.05) is 5.32 Å². The third kappa shape index (κ3) is 2.46. The molecule has 0 saturated heterocycles. The fourth-order valence-corrected chi connectivity index (χ4v) is 2.45. The molecule has 0 amide bonds. The Morgan fingerprint density at radius 1 is 1.04 bits per heavy atom. The number of fused-ring (bicyclic) bond motifs is 1. The Bertz CT molecular complexity index is 1020. The second kappa shape index (κ2) is 5.42. The van der Waals surface area contributed by atoms with Crippen molar-refractivity contribution in [2.24, 2.45) is 0 Å². The van der Waals surface area contributed by atoms with Crippen LogP contribution in [0.3, 0.4) is 0 Å². The Kier molecular flexibility index (Phi) is 3.12. The van der Waals surface area contributed by atoms with Crippen LogP contribution in [0.4, 0.5) is 11.5 Å². The van der Waals surface area contributed by atoms with E-state index < -0.39 is 0 Å². The Labute approximate surface area is 131 Å². The Morgan fingerprint density at radius 2 is 1.91 bits per heavy atom. The molecule has 4 rings (SSSR count). The lowest BCUT2D eigenvalue weighted by molar-refractivity contribution is 0.918. The number of nitrogens with zero attached hydrogens (tertiary/aromatic N) is 3. The number of rotatable bonds is 3. The van der Waals surface area contributed by atoms with Crippen molar-refractivity contribution in [1.82, 2.24) is 19.5 Å². The predicted octanol–water partition coefficient (Wildman–Crippen LogP) is 2.85. The largest absolute Gasteiger partial charge is 0.358 e. The van der Waals surface area contributed by atoms with Gasteiger partial charge in [-0.25, -0.2) is 4.79 Å². The zero-order valence-electron chi connectivity index (χ0n) is 12.1. The van der Waals surface area contributed by atoms with Gasteiger partial charge in [-0.15, -0.1) is 0 Å². The molecule has 1 aromatic carbocycles. The van der Waals surface area contributed by atoms with Crippen LogP contribution >= 0.6 is 0 Å². The molecule has 3 aromatic heterocycles. The summed E-state index contributed by atoms with van der Waals surface area (Å²) in [5.74, 6) is 0.480. The number of nitrogens with one attached hydrogen (secondary N) is 2. The molecular weight excluding hydrogens is 290 g/mol. The van der Waals surface area contributed by atoms with Crippen LogP contribution in [0.2, 0.25) is 0 Å². The van der Waals surface area contributed by atoms with Gasteiger partial charge >= 0.3 is 5.69 Å². The average Bonchev–Trinajstić information content (AvgIpc) is 2.99. The lowest BCUT2D eigenvalue weighted by Gasteiger charge is -2.07. The summed E-state index contributed by atoms with van der Waals surface area (Å²) in [6.07, 6.45) is 5.24. The molecule has 0 fully saturated rings. The lowest BCUT2D eigenvalue weighted by atomic mass is 10.3. The molecule has 0 atom stereocenters. The van der Waals surface area contributed by atoms with Crippen molar-refractivity contribution < 1.29 is 0 Å². The molecule has 4 aromatic rings. The van der Waals surface area contributed by atoms with Gasteiger partial charge in [0.05, 0.1) is 16.9 Å². The van der Waals surface area contributed by atoms with E-state index in [1.807, 2.05) is 48.7 Å². The molecule has 2 N–H and O–H groups in total. The minimum Gasteiger partial charge on any atom is -0.358 e. The first kappa shape index (κ1) is 13.3. The van der Waals surface area contributed by atoms with E-state index in [1.165, 1.54) is 4.57 Å². The molecule has 0 radical (unpaired) electrons. The summed E-state index contributed by atoms with van der Waals surface area (Å²) in [5, 5.41) is 3.13. The maximum atomic E-state index is 12.2. The molecule has 3 heterocycles. The van der Waals surface area contributed by atoms with Crippen LogP contribution in [0.15, 0.2) is 71.9 Å². The highest BCUT2D eigenvalue weighted by molar-refractivity contribution is 5.90. The van der Waals surface area contributed by atoms with Gasteiger partial charge in [0.15, 0.2) is 0 Å². The Hall–Kier alpha value is -3.41. The normalized spacial score (nSPS) is 10.8. The first-order valence-electron chi connectivity index (χ1n) is 7.15. The van der Waals surface area contributed by atoms with E-state index in [9.17, 15) is 4.79 Å². The van der Waals surface area contributed by atoms with Crippen molar-refractivity contribution >= 4 is 22.5 Å². The minimum atomic E-state index is -0.339. The van der Waals surface area contributed by atoms with Crippen molar-refractivity contribution in [2.45, 2.75) is 0 Å². The minimum absolute atomic E-state index is 0.339. The SMILES string of the molecule is O=c1nc(Nc2c[nH]c3cccnc23)ccn1-c1ccccc1. The summed E-state index contributed by atoms with van der Waals surface area (Å²) in [6, 6.07) is 14.9. The summed E-state index contributed by atoms with van der Waals surface area (Å²) >= 11 is 0. The molecule has 0 aliphatic rings. The van der Waals surface area contributed by atoms with Crippen molar-refractivity contribution in [3.05, 3.63) is 77.6 Å². The van der Waals surface area contributed by atoms with Crippen LogP contribution in [0.25, 0.3) is 16.7 Å². The number of hydrogen-bond donors (Lipinski definition) is 2. The summed E-state index contributed by atoms with van der Waals surface area (Å²) < 4.78 is 1.50. The molecule has 0 unspecified atom stereocenters. The monoisotopic (exact) mass is 303 g/mol. The highest BCUT2D eigenvalue weighted by Gasteiger charge is 2.07. The standard InChI is InChI=1S/C17H13N5O/c23-17-21-15(8-10-22(17)12-5-2-1-3-6-12)20-14-11-19-13-7-4-9-18-16(13)14/h1-11,19H,(H,20,21,23). The summed E-state index contributed by atoms with van der Waals surface area (Å²) in [6.45, 7) is 0. The van der Waals surface area contributed by atoms with Crippen LogP contribution in [0.5, 0.6) is 0 Å². The van der Waals surface area contributed by atoms with E-state index >= 15 is 0 Å². The number of anilines is 2. The maximum Gasteiger partial charge on any atom is 0.354 e. The molecule has 112 valence electrons. The van der Waals surface area contributed by atoms with E-state index in [0.29, 0.717) is 5.82 Å². The quantitative estimate of drug-likeness (QED) is 0.610. The van der Waals surface area contributed by atoms with E-state index in [1.54, 1.807) is 18.5 Å². The van der Waals surface area contributed by atoms with Gasteiger partial charge in [-0.05, 0) is 30.3 Å². The van der Waals surface area contributed by atoms with Gasteiger partial charge in [-0.3, -0.25) is 9.55 Å². The summed E-state index contributed by atoms with van der Waals surface area (Å²) in [5.41, 5.74) is 2.96. The molecule has 0 aliphatic heterocycles. The smallest absolute Gasteiger partial charge is 0.354 e. The topological polar surface area (TPSA) is 75.6 Å². The number of hydrogen-bond acceptors (Lipinski definition) is 4. The van der Waals surface area contributed by atoms with E-state index in [0.717, 1.165) is 22.4 Å². The van der Waals surface area contributed by atoms with E-state index in [4.69, 9.17) is 0 Å². The van der Waals surface area contributed by atoms with Gasteiger partial charge in [0.2, 0.25) is 0 Å². The fraction of sp³-hybridized carbons (Fsp3) is 0. The van der Waals surface area contributed by atoms with Gasteiger partial charge < -0.3 is 10.3 Å². The Morgan fingerprint density at radius 3 is 2.74 bits per heavy atom. The molecule has 6 heteroatoms. The van der Waals surface area contributed by atoms with Crippen molar-refractivity contribution in [3.8, 4) is 5.69 Å². The van der Waals surface area contributed by atoms with Gasteiger partial charge in [0.1, 0.15) is 11.3 Å². The summed E-state index contributed by atoms with van der Waals surface area (Å²) in [7, 11) is 0. The third-order valence-electron chi connectivity index (χ3n) is 3.54. The van der Waals surface area contributed by atoms with Crippen LogP contribution in [-0.2, 0) is 0 Å². The lowest BCUT2D eigenvalue weighted by Crippen LogP contribution is -2.21. The Balaban J connectivity index is 1.68. The second-order valence-corrected chi connectivity index (χ2v) is 5.03. The maximum absolute atomic E-state index is 12.2. The van der Waals surface area contributed by atoms with Crippen LogP contribution in [-0.4, -0.2) is 19.5 Å².